The van der Waals surface area contributed by atoms with Gasteiger partial charge in [0, 0.05) is 18.1 Å². The van der Waals surface area contributed by atoms with Crippen molar-refractivity contribution in [1.82, 2.24) is 5.32 Å². The van der Waals surface area contributed by atoms with E-state index in [9.17, 15) is 4.79 Å². The van der Waals surface area contributed by atoms with Crippen LogP contribution in [0.3, 0.4) is 0 Å². The number of hydrogen-bond donors (Lipinski definition) is 1. The fourth-order valence-corrected chi connectivity index (χ4v) is 3.76. The molecule has 0 unspecified atom stereocenters. The Morgan fingerprint density at radius 1 is 1.24 bits per heavy atom. The number of methoxy groups -OCH3 is 1. The highest BCUT2D eigenvalue weighted by atomic mass is 16.5. The van der Waals surface area contributed by atoms with E-state index in [1.807, 2.05) is 65.0 Å². The van der Waals surface area contributed by atoms with E-state index >= 15 is 0 Å². The third-order valence-electron chi connectivity index (χ3n) is 5.26. The molecule has 2 atom stereocenters. The maximum absolute atomic E-state index is 13.1. The van der Waals surface area contributed by atoms with Crippen LogP contribution in [0.4, 0.5) is 0 Å². The smallest absolute Gasteiger partial charge is 0.261 e. The molecule has 1 heterocycles. The van der Waals surface area contributed by atoms with Gasteiger partial charge in [-0.3, -0.25) is 4.79 Å². The number of carbonyl (C=O) groups is 1. The minimum absolute atomic E-state index is 0.114. The number of nitrogens with one attached hydrogen (secondary N) is 1. The number of amides is 1. The molecule has 1 N–H and O–H groups in total. The molecule has 3 rings (SSSR count). The highest BCUT2D eigenvalue weighted by Gasteiger charge is 2.36. The number of ether oxygens (including phenoxy) is 3. The molecule has 0 aromatic heterocycles. The molecule has 0 radical (unpaired) electrons. The van der Waals surface area contributed by atoms with E-state index in [0.717, 1.165) is 28.4 Å². The van der Waals surface area contributed by atoms with Crippen LogP contribution in [0.5, 0.6) is 17.2 Å². The largest absolute Gasteiger partial charge is 0.497 e. The van der Waals surface area contributed by atoms with Gasteiger partial charge in [0.2, 0.25) is 0 Å². The summed E-state index contributed by atoms with van der Waals surface area (Å²) in [5.74, 6) is 2.11. The molecular formula is C24H31NO4. The predicted molar refractivity (Wildman–Crippen MR) is 114 cm³/mol. The average molecular weight is 398 g/mol. The zero-order valence-corrected chi connectivity index (χ0v) is 18.2. The van der Waals surface area contributed by atoms with Gasteiger partial charge in [-0.05, 0) is 57.9 Å². The second-order valence-electron chi connectivity index (χ2n) is 8.31. The topological polar surface area (TPSA) is 56.8 Å². The number of hydrogen-bond acceptors (Lipinski definition) is 4. The number of carbonyl (C=O) groups excluding carboxylic acids is 1. The lowest BCUT2D eigenvalue weighted by atomic mass is 9.89. The van der Waals surface area contributed by atoms with Crippen LogP contribution < -0.4 is 19.5 Å². The van der Waals surface area contributed by atoms with Gasteiger partial charge in [0.05, 0.1) is 13.2 Å². The van der Waals surface area contributed by atoms with Crippen molar-refractivity contribution < 1.29 is 19.0 Å². The highest BCUT2D eigenvalue weighted by molar-refractivity contribution is 5.81. The van der Waals surface area contributed by atoms with Gasteiger partial charge in [0.1, 0.15) is 22.8 Å². The summed E-state index contributed by atoms with van der Waals surface area (Å²) in [6.07, 6.45) is 0.711. The van der Waals surface area contributed by atoms with Gasteiger partial charge in [-0.15, -0.1) is 0 Å². The van der Waals surface area contributed by atoms with Crippen LogP contribution >= 0.6 is 0 Å². The van der Waals surface area contributed by atoms with E-state index < -0.39 is 11.7 Å². The SMILES string of the molecule is CC[C@@H](Oc1ccc(C)cc1C)C(=O)N[C@H]1CC(C)(C)Oc2cc(OC)ccc21. The van der Waals surface area contributed by atoms with E-state index in [1.165, 1.54) is 5.56 Å². The van der Waals surface area contributed by atoms with Gasteiger partial charge in [-0.1, -0.05) is 24.6 Å². The lowest BCUT2D eigenvalue weighted by molar-refractivity contribution is -0.129. The lowest BCUT2D eigenvalue weighted by Gasteiger charge is -2.38. The third-order valence-corrected chi connectivity index (χ3v) is 5.26. The second-order valence-corrected chi connectivity index (χ2v) is 8.31. The Balaban J connectivity index is 1.79. The van der Waals surface area contributed by atoms with Crippen LogP contribution in [0.2, 0.25) is 0 Å². The van der Waals surface area contributed by atoms with Gasteiger partial charge in [0.15, 0.2) is 6.10 Å². The Morgan fingerprint density at radius 2 is 2.00 bits per heavy atom. The van der Waals surface area contributed by atoms with Crippen LogP contribution in [-0.2, 0) is 4.79 Å². The third kappa shape index (κ3) is 4.84. The van der Waals surface area contributed by atoms with Gasteiger partial charge in [0.25, 0.3) is 5.91 Å². The number of rotatable bonds is 6. The van der Waals surface area contributed by atoms with E-state index in [4.69, 9.17) is 14.2 Å². The molecule has 0 saturated carbocycles. The molecule has 1 aliphatic rings. The molecular weight excluding hydrogens is 366 g/mol. The zero-order valence-electron chi connectivity index (χ0n) is 18.2. The van der Waals surface area contributed by atoms with Crippen LogP contribution in [0, 0.1) is 13.8 Å². The Kier molecular flexibility index (Phi) is 6.06. The molecule has 0 fully saturated rings. The van der Waals surface area contributed by atoms with Crippen molar-refractivity contribution in [3.8, 4) is 17.2 Å². The van der Waals surface area contributed by atoms with Gasteiger partial charge >= 0.3 is 0 Å². The minimum atomic E-state index is -0.552. The Labute approximate surface area is 173 Å². The molecule has 5 heteroatoms. The first-order chi connectivity index (χ1) is 13.7. The van der Waals surface area contributed by atoms with Crippen molar-refractivity contribution in [1.29, 1.82) is 0 Å². The summed E-state index contributed by atoms with van der Waals surface area (Å²) < 4.78 is 17.5. The summed E-state index contributed by atoms with van der Waals surface area (Å²) in [5.41, 5.74) is 2.76. The maximum atomic E-state index is 13.1. The number of benzene rings is 2. The summed E-state index contributed by atoms with van der Waals surface area (Å²) in [7, 11) is 1.63. The standard InChI is InChI=1S/C24H31NO4/c1-7-20(28-21-11-8-15(2)12-16(21)3)23(26)25-19-14-24(4,5)29-22-13-17(27-6)9-10-18(19)22/h8-13,19-20H,7,14H2,1-6H3,(H,25,26)/t19-,20+/m0/s1. The van der Waals surface area contributed by atoms with Crippen molar-refractivity contribution >= 4 is 5.91 Å². The summed E-state index contributed by atoms with van der Waals surface area (Å²) in [6, 6.07) is 11.6. The number of aryl methyl sites for hydroxylation is 2. The molecule has 0 bridgehead atoms. The first-order valence-electron chi connectivity index (χ1n) is 10.1. The molecule has 0 spiro atoms. The summed E-state index contributed by atoms with van der Waals surface area (Å²) in [5, 5.41) is 3.19. The second kappa shape index (κ2) is 8.36. The average Bonchev–Trinajstić information content (AvgIpc) is 2.65. The van der Waals surface area contributed by atoms with E-state index in [1.54, 1.807) is 7.11 Å². The molecule has 2 aromatic carbocycles. The minimum Gasteiger partial charge on any atom is -0.497 e. The van der Waals surface area contributed by atoms with Crippen LogP contribution in [0.15, 0.2) is 36.4 Å². The first-order valence-corrected chi connectivity index (χ1v) is 10.1. The van der Waals surface area contributed by atoms with Crippen LogP contribution in [-0.4, -0.2) is 24.7 Å². The summed E-state index contributed by atoms with van der Waals surface area (Å²) >= 11 is 0. The summed E-state index contributed by atoms with van der Waals surface area (Å²) in [6.45, 7) is 10.0. The van der Waals surface area contributed by atoms with Gasteiger partial charge in [-0.25, -0.2) is 0 Å². The molecule has 2 aromatic rings. The zero-order chi connectivity index (χ0) is 21.2. The van der Waals surface area contributed by atoms with Crippen molar-refractivity contribution in [3.05, 3.63) is 53.1 Å². The monoisotopic (exact) mass is 397 g/mol. The molecule has 5 nitrogen and oxygen atoms in total. The molecule has 1 amide bonds. The van der Waals surface area contributed by atoms with Crippen LogP contribution in [0.1, 0.15) is 56.3 Å². The highest BCUT2D eigenvalue weighted by Crippen LogP contribution is 2.41. The van der Waals surface area contributed by atoms with Gasteiger partial charge in [-0.2, -0.15) is 0 Å². The Bertz CT molecular complexity index is 890. The molecule has 0 saturated heterocycles. The Morgan fingerprint density at radius 3 is 2.66 bits per heavy atom. The first kappa shape index (κ1) is 21.0. The van der Waals surface area contributed by atoms with Gasteiger partial charge < -0.3 is 19.5 Å². The molecule has 0 aliphatic carbocycles. The van der Waals surface area contributed by atoms with Crippen molar-refractivity contribution in [2.24, 2.45) is 0 Å². The van der Waals surface area contributed by atoms with E-state index in [0.29, 0.717) is 12.8 Å². The fourth-order valence-electron chi connectivity index (χ4n) is 3.76. The normalized spacial score (nSPS) is 18.2. The van der Waals surface area contributed by atoms with Crippen molar-refractivity contribution in [3.63, 3.8) is 0 Å². The predicted octanol–water partition coefficient (Wildman–Crippen LogP) is 4.89. The van der Waals surface area contributed by atoms with E-state index in [-0.39, 0.29) is 11.9 Å². The maximum Gasteiger partial charge on any atom is 0.261 e. The van der Waals surface area contributed by atoms with Crippen molar-refractivity contribution in [2.45, 2.75) is 65.2 Å². The fraction of sp³-hybridized carbons (Fsp3) is 0.458. The van der Waals surface area contributed by atoms with Crippen molar-refractivity contribution in [2.75, 3.05) is 7.11 Å². The van der Waals surface area contributed by atoms with E-state index in [2.05, 4.69) is 11.4 Å². The summed E-state index contributed by atoms with van der Waals surface area (Å²) in [4.78, 5) is 13.1. The molecule has 29 heavy (non-hydrogen) atoms. The molecule has 1 aliphatic heterocycles. The Hall–Kier alpha value is -2.69. The molecule has 156 valence electrons. The quantitative estimate of drug-likeness (QED) is 0.754. The lowest BCUT2D eigenvalue weighted by Crippen LogP contribution is -2.45. The van der Waals surface area contributed by atoms with Crippen LogP contribution in [0.25, 0.3) is 0 Å². The number of fused-ring (bicyclic) bond motifs is 1.